The highest BCUT2D eigenvalue weighted by Crippen LogP contribution is 2.31. The van der Waals surface area contributed by atoms with Crippen LogP contribution in [0.5, 0.6) is 11.5 Å². The molecule has 8 aromatic rings. The molecule has 6 aromatic carbocycles. The number of halogens is 7. The Morgan fingerprint density at radius 2 is 0.984 bits per heavy atom. The van der Waals surface area contributed by atoms with Gasteiger partial charge in [-0.2, -0.15) is 36.4 Å². The molecule has 0 radical (unpaired) electrons. The molecular formula is C46H39BrF6N8O2. The lowest BCUT2D eigenvalue weighted by molar-refractivity contribution is -0.138. The summed E-state index contributed by atoms with van der Waals surface area (Å²) in [4.78, 5) is 1.47. The maximum absolute atomic E-state index is 12.8. The Morgan fingerprint density at radius 3 is 1.44 bits per heavy atom. The fraction of sp³-hybridized carbons (Fsp3) is 0.174. The van der Waals surface area contributed by atoms with E-state index in [0.717, 1.165) is 81.1 Å². The fourth-order valence-corrected chi connectivity index (χ4v) is 6.17. The van der Waals surface area contributed by atoms with Gasteiger partial charge in [0, 0.05) is 16.5 Å². The topological polar surface area (TPSA) is 117 Å². The summed E-state index contributed by atoms with van der Waals surface area (Å²) in [5, 5.41) is 27.3. The van der Waals surface area contributed by atoms with Crippen molar-refractivity contribution >= 4 is 15.9 Å². The van der Waals surface area contributed by atoms with Gasteiger partial charge in [-0.05, 0) is 94.1 Å². The van der Waals surface area contributed by atoms with E-state index < -0.39 is 23.5 Å². The van der Waals surface area contributed by atoms with Crippen molar-refractivity contribution in [2.45, 2.75) is 31.7 Å². The number of hydrogen-bond donors (Lipinski definition) is 1. The normalized spacial score (nSPS) is 11.2. The van der Waals surface area contributed by atoms with Crippen LogP contribution in [0, 0.1) is 0 Å². The van der Waals surface area contributed by atoms with Crippen molar-refractivity contribution in [3.05, 3.63) is 191 Å². The van der Waals surface area contributed by atoms with E-state index in [-0.39, 0.29) is 0 Å². The summed E-state index contributed by atoms with van der Waals surface area (Å²) in [7, 11) is 0. The zero-order chi connectivity index (χ0) is 44.5. The van der Waals surface area contributed by atoms with Crippen LogP contribution in [-0.4, -0.2) is 59.4 Å². The van der Waals surface area contributed by atoms with Crippen molar-refractivity contribution in [3.63, 3.8) is 0 Å². The molecule has 1 N–H and O–H groups in total. The van der Waals surface area contributed by atoms with Crippen molar-refractivity contribution in [1.82, 2.24) is 40.8 Å². The van der Waals surface area contributed by atoms with Gasteiger partial charge in [0.05, 0.1) is 24.3 Å². The quantitative estimate of drug-likeness (QED) is 0.0898. The SMILES string of the molecule is BrCCOc1ccccc1.FC(F)(F)c1ccc(Cc2ccccc2-c2nn[nH]n2)cc1.FC(F)(F)c1ccc(Cc2ccccc2-c2nnn(CCOc3ccccc3)n2)cc1. The van der Waals surface area contributed by atoms with Crippen LogP contribution in [0.25, 0.3) is 22.8 Å². The van der Waals surface area contributed by atoms with E-state index in [1.165, 1.54) is 29.1 Å². The van der Waals surface area contributed by atoms with Gasteiger partial charge in [0.1, 0.15) is 18.1 Å². The molecule has 324 valence electrons. The molecule has 0 aliphatic heterocycles. The number of H-pyrrole nitrogens is 1. The molecule has 0 atom stereocenters. The van der Waals surface area contributed by atoms with Gasteiger partial charge in [0.2, 0.25) is 11.6 Å². The smallest absolute Gasteiger partial charge is 0.416 e. The van der Waals surface area contributed by atoms with Crippen molar-refractivity contribution in [2.75, 3.05) is 18.5 Å². The van der Waals surface area contributed by atoms with Crippen LogP contribution in [0.15, 0.2) is 158 Å². The van der Waals surface area contributed by atoms with E-state index in [4.69, 9.17) is 9.47 Å². The summed E-state index contributed by atoms with van der Waals surface area (Å²) in [6.45, 7) is 1.56. The minimum atomic E-state index is -4.34. The predicted molar refractivity (Wildman–Crippen MR) is 229 cm³/mol. The van der Waals surface area contributed by atoms with Gasteiger partial charge in [0.25, 0.3) is 0 Å². The molecule has 63 heavy (non-hydrogen) atoms. The summed E-state index contributed by atoms with van der Waals surface area (Å²) in [5.41, 5.74) is 3.65. The first-order valence-electron chi connectivity index (χ1n) is 19.4. The third-order valence-corrected chi connectivity index (χ3v) is 9.38. The Kier molecular flexibility index (Phi) is 16.1. The van der Waals surface area contributed by atoms with Crippen LogP contribution >= 0.6 is 15.9 Å². The number of para-hydroxylation sites is 2. The molecule has 0 unspecified atom stereocenters. The summed E-state index contributed by atoms with van der Waals surface area (Å²) in [6, 6.07) is 44.6. The molecule has 17 heteroatoms. The highest BCUT2D eigenvalue weighted by atomic mass is 79.9. The molecule has 0 saturated carbocycles. The largest absolute Gasteiger partial charge is 0.493 e. The summed E-state index contributed by atoms with van der Waals surface area (Å²) < 4.78 is 87.0. The molecule has 0 saturated heterocycles. The maximum Gasteiger partial charge on any atom is 0.416 e. The lowest BCUT2D eigenvalue weighted by Gasteiger charge is -2.09. The minimum Gasteiger partial charge on any atom is -0.493 e. The second kappa shape index (κ2) is 22.3. The highest BCUT2D eigenvalue weighted by molar-refractivity contribution is 9.09. The molecule has 0 spiro atoms. The minimum absolute atomic E-state index is 0.396. The number of aromatic nitrogens is 8. The molecule has 10 nitrogen and oxygen atoms in total. The van der Waals surface area contributed by atoms with Crippen LogP contribution < -0.4 is 9.47 Å². The highest BCUT2D eigenvalue weighted by Gasteiger charge is 2.30. The van der Waals surface area contributed by atoms with Crippen LogP contribution in [-0.2, 0) is 31.7 Å². The van der Waals surface area contributed by atoms with Crippen LogP contribution in [0.2, 0.25) is 0 Å². The second-order valence-electron chi connectivity index (χ2n) is 13.5. The lowest BCUT2D eigenvalue weighted by Crippen LogP contribution is -2.11. The number of aromatic amines is 1. The number of nitrogens with one attached hydrogen (secondary N) is 1. The van der Waals surface area contributed by atoms with Crippen molar-refractivity contribution in [1.29, 1.82) is 0 Å². The molecule has 0 bridgehead atoms. The molecule has 8 rings (SSSR count). The Bertz CT molecular complexity index is 2560. The number of nitrogens with zero attached hydrogens (tertiary/aromatic N) is 7. The second-order valence-corrected chi connectivity index (χ2v) is 14.3. The van der Waals surface area contributed by atoms with Crippen LogP contribution in [0.1, 0.15) is 33.4 Å². The third kappa shape index (κ3) is 14.1. The van der Waals surface area contributed by atoms with Crippen molar-refractivity contribution in [3.8, 4) is 34.3 Å². The Hall–Kier alpha value is -6.88. The van der Waals surface area contributed by atoms with Crippen molar-refractivity contribution in [2.24, 2.45) is 0 Å². The Labute approximate surface area is 367 Å². The number of alkyl halides is 7. The molecule has 2 heterocycles. The fourth-order valence-electron chi connectivity index (χ4n) is 6.00. The number of hydrogen-bond acceptors (Lipinski definition) is 8. The standard InChI is InChI=1S/C23H19F3N4O.C15H11F3N4.C8H9BrO/c24-23(25,26)19-12-10-17(11-13-19)16-18-6-4-5-9-21(18)22-27-29-30(28-22)14-15-31-20-7-2-1-3-8-20;16-15(17,18)12-7-5-10(6-8-12)9-11-3-1-2-4-13(11)14-19-21-22-20-14;9-6-7-10-8-4-2-1-3-5-8/h1-13H,14-16H2;1-8H,9H2,(H,19,20,21,22);1-5H,6-7H2. The average Bonchev–Trinajstić information content (AvgIpc) is 4.01. The van der Waals surface area contributed by atoms with Gasteiger partial charge >= 0.3 is 12.4 Å². The van der Waals surface area contributed by atoms with Gasteiger partial charge in [0.15, 0.2) is 0 Å². The zero-order valence-electron chi connectivity index (χ0n) is 33.3. The first-order chi connectivity index (χ1) is 30.5. The first kappa shape index (κ1) is 45.6. The lowest BCUT2D eigenvalue weighted by atomic mass is 9.98. The summed E-state index contributed by atoms with van der Waals surface area (Å²) >= 11 is 3.28. The molecule has 0 aliphatic rings. The van der Waals surface area contributed by atoms with Crippen molar-refractivity contribution < 1.29 is 35.8 Å². The van der Waals surface area contributed by atoms with Crippen LogP contribution in [0.4, 0.5) is 26.3 Å². The summed E-state index contributed by atoms with van der Waals surface area (Å²) in [5.74, 6) is 2.62. The van der Waals surface area contributed by atoms with Gasteiger partial charge in [-0.15, -0.1) is 20.4 Å². The van der Waals surface area contributed by atoms with Gasteiger partial charge in [-0.1, -0.05) is 125 Å². The van der Waals surface area contributed by atoms with E-state index in [1.54, 1.807) is 0 Å². The zero-order valence-corrected chi connectivity index (χ0v) is 34.9. The maximum atomic E-state index is 12.8. The van der Waals surface area contributed by atoms with Crippen LogP contribution in [0.3, 0.4) is 0 Å². The van der Waals surface area contributed by atoms with E-state index in [2.05, 4.69) is 52.0 Å². The number of benzene rings is 6. The van der Waals surface area contributed by atoms with E-state index in [0.29, 0.717) is 37.6 Å². The Balaban J connectivity index is 0.000000178. The molecular weight excluding hydrogens is 890 g/mol. The summed E-state index contributed by atoms with van der Waals surface area (Å²) in [6.07, 6.45) is -7.72. The molecule has 0 fully saturated rings. The van der Waals surface area contributed by atoms with Gasteiger partial charge in [-0.25, -0.2) is 0 Å². The van der Waals surface area contributed by atoms with Gasteiger partial charge < -0.3 is 9.47 Å². The number of rotatable bonds is 13. The number of ether oxygens (including phenoxy) is 2. The predicted octanol–water partition coefficient (Wildman–Crippen LogP) is 11.0. The molecule has 2 aromatic heterocycles. The molecule has 0 amide bonds. The first-order valence-corrected chi connectivity index (χ1v) is 20.5. The van der Waals surface area contributed by atoms with E-state index in [9.17, 15) is 26.3 Å². The Morgan fingerprint density at radius 1 is 0.524 bits per heavy atom. The monoisotopic (exact) mass is 928 g/mol. The average molecular weight is 930 g/mol. The van der Waals surface area contributed by atoms with E-state index >= 15 is 0 Å². The third-order valence-electron chi connectivity index (χ3n) is 9.06. The van der Waals surface area contributed by atoms with E-state index in [1.807, 2.05) is 109 Å². The van der Waals surface area contributed by atoms with Gasteiger partial charge in [-0.3, -0.25) is 0 Å². The molecule has 0 aliphatic carbocycles. The number of tetrazole rings is 2.